The predicted octanol–water partition coefficient (Wildman–Crippen LogP) is 4.44. The van der Waals surface area contributed by atoms with Crippen molar-refractivity contribution in [1.82, 2.24) is 19.6 Å². The fraction of sp³-hybridized carbons (Fsp3) is 0.400. The van der Waals surface area contributed by atoms with Crippen molar-refractivity contribution in [1.29, 1.82) is 0 Å². The first-order valence-electron chi connectivity index (χ1n) is 15.0. The maximum absolute atomic E-state index is 14.1. The molecule has 4 atom stereocenters. The molecule has 0 spiro atoms. The Bertz CT molecular complexity index is 1320. The molecule has 0 radical (unpaired) electrons. The standard InChI is InChI=1S/C35H42N4O4/c1-25(2)31(33(41)43-5)37(4)34(42)36(3)29-21-22-38(23-29)32(40)30-24-39(30)35(26-15-9-6-10-16-26,27-17-11-7-12-18-27)28-19-13-8-14-20-28/h6-20,25,29-31H,21-24H2,1-5H3/t29-,30?,31?,39?/m0/s1. The lowest BCUT2D eigenvalue weighted by Crippen LogP contribution is -2.53. The van der Waals surface area contributed by atoms with E-state index in [4.69, 9.17) is 4.74 Å². The van der Waals surface area contributed by atoms with E-state index < -0.39 is 17.6 Å². The van der Waals surface area contributed by atoms with E-state index in [9.17, 15) is 14.4 Å². The van der Waals surface area contributed by atoms with Crippen molar-refractivity contribution in [3.8, 4) is 0 Å². The average molecular weight is 583 g/mol. The van der Waals surface area contributed by atoms with Crippen molar-refractivity contribution in [3.05, 3.63) is 108 Å². The fourth-order valence-corrected chi connectivity index (χ4v) is 6.75. The van der Waals surface area contributed by atoms with Crippen molar-refractivity contribution >= 4 is 17.9 Å². The molecule has 5 rings (SSSR count). The highest BCUT2D eigenvalue weighted by atomic mass is 16.5. The number of nitrogens with zero attached hydrogens (tertiary/aromatic N) is 4. The monoisotopic (exact) mass is 582 g/mol. The van der Waals surface area contributed by atoms with Crippen LogP contribution in [-0.2, 0) is 19.9 Å². The second kappa shape index (κ2) is 12.6. The van der Waals surface area contributed by atoms with Gasteiger partial charge in [-0.15, -0.1) is 0 Å². The third-order valence-electron chi connectivity index (χ3n) is 9.02. The molecule has 2 heterocycles. The third kappa shape index (κ3) is 5.64. The van der Waals surface area contributed by atoms with Crippen molar-refractivity contribution in [2.45, 2.75) is 43.9 Å². The van der Waals surface area contributed by atoms with Gasteiger partial charge in [-0.05, 0) is 29.0 Å². The lowest BCUT2D eigenvalue weighted by Gasteiger charge is -2.38. The number of methoxy groups -OCH3 is 1. The minimum absolute atomic E-state index is 0.0819. The largest absolute Gasteiger partial charge is 0.467 e. The lowest BCUT2D eigenvalue weighted by atomic mass is 9.76. The molecular formula is C35H42N4O4. The van der Waals surface area contributed by atoms with Crippen LogP contribution in [0.1, 0.15) is 37.0 Å². The summed E-state index contributed by atoms with van der Waals surface area (Å²) in [6, 6.07) is 29.8. The molecule has 0 N–H and O–H groups in total. The van der Waals surface area contributed by atoms with E-state index in [1.807, 2.05) is 36.9 Å². The number of esters is 1. The van der Waals surface area contributed by atoms with Crippen LogP contribution in [0.3, 0.4) is 0 Å². The number of hydrogen-bond acceptors (Lipinski definition) is 5. The molecule has 2 aliphatic rings. The van der Waals surface area contributed by atoms with Gasteiger partial charge < -0.3 is 19.4 Å². The molecule has 2 saturated heterocycles. The minimum atomic E-state index is -0.679. The number of hydrogen-bond donors (Lipinski definition) is 0. The second-order valence-electron chi connectivity index (χ2n) is 11.9. The predicted molar refractivity (Wildman–Crippen MR) is 166 cm³/mol. The molecule has 2 fully saturated rings. The Morgan fingerprint density at radius 1 is 0.814 bits per heavy atom. The molecule has 3 aromatic carbocycles. The quantitative estimate of drug-likeness (QED) is 0.212. The number of carbonyl (C=O) groups excluding carboxylic acids is 3. The zero-order valence-electron chi connectivity index (χ0n) is 25.7. The van der Waals surface area contributed by atoms with E-state index in [1.54, 1.807) is 19.0 Å². The molecule has 3 unspecified atom stereocenters. The maximum Gasteiger partial charge on any atom is 0.328 e. The summed E-state index contributed by atoms with van der Waals surface area (Å²) >= 11 is 0. The van der Waals surface area contributed by atoms with Crippen LogP contribution >= 0.6 is 0 Å². The van der Waals surface area contributed by atoms with E-state index in [1.165, 1.54) is 12.0 Å². The Morgan fingerprint density at radius 2 is 1.30 bits per heavy atom. The number of likely N-dealkylation sites (N-methyl/N-ethyl adjacent to an activating group) is 2. The Balaban J connectivity index is 1.37. The molecule has 2 aliphatic heterocycles. The van der Waals surface area contributed by atoms with Gasteiger partial charge in [-0.25, -0.2) is 9.59 Å². The molecule has 8 heteroatoms. The zero-order chi connectivity index (χ0) is 30.7. The van der Waals surface area contributed by atoms with Gasteiger partial charge in [0.25, 0.3) is 0 Å². The average Bonchev–Trinajstić information content (AvgIpc) is 3.68. The van der Waals surface area contributed by atoms with Crippen molar-refractivity contribution in [2.75, 3.05) is 40.8 Å². The Hall–Kier alpha value is -4.17. The fourth-order valence-electron chi connectivity index (χ4n) is 6.75. The van der Waals surface area contributed by atoms with Gasteiger partial charge >= 0.3 is 12.0 Å². The lowest BCUT2D eigenvalue weighted by molar-refractivity contribution is -0.147. The number of likely N-dealkylation sites (tertiary alicyclic amines) is 1. The van der Waals surface area contributed by atoms with Crippen LogP contribution in [0, 0.1) is 5.92 Å². The van der Waals surface area contributed by atoms with Gasteiger partial charge in [0, 0.05) is 33.7 Å². The van der Waals surface area contributed by atoms with Crippen LogP contribution in [0.4, 0.5) is 4.79 Å². The molecule has 3 amide bonds. The molecule has 8 nitrogen and oxygen atoms in total. The van der Waals surface area contributed by atoms with Gasteiger partial charge in [0.2, 0.25) is 5.91 Å². The van der Waals surface area contributed by atoms with E-state index in [2.05, 4.69) is 77.7 Å². The normalized spacial score (nSPS) is 20.4. The SMILES string of the molecule is COC(=O)C(C(C)C)N(C)C(=O)N(C)[C@H]1CCN(C(=O)C2CN2C(c2ccccc2)(c2ccccc2)c2ccccc2)C1. The van der Waals surface area contributed by atoms with Gasteiger partial charge in [0.05, 0.1) is 18.7 Å². The summed E-state index contributed by atoms with van der Waals surface area (Å²) < 4.78 is 4.96. The second-order valence-corrected chi connectivity index (χ2v) is 11.9. The van der Waals surface area contributed by atoms with E-state index in [0.29, 0.717) is 26.1 Å². The van der Waals surface area contributed by atoms with Gasteiger partial charge in [-0.2, -0.15) is 0 Å². The summed E-state index contributed by atoms with van der Waals surface area (Å²) in [5.41, 5.74) is 2.71. The summed E-state index contributed by atoms with van der Waals surface area (Å²) in [4.78, 5) is 47.2. The highest BCUT2D eigenvalue weighted by Gasteiger charge is 2.57. The van der Waals surface area contributed by atoms with E-state index in [0.717, 1.165) is 16.7 Å². The number of ether oxygens (including phenoxy) is 1. The molecular weight excluding hydrogens is 540 g/mol. The molecule has 226 valence electrons. The van der Waals surface area contributed by atoms with Crippen molar-refractivity contribution in [2.24, 2.45) is 5.92 Å². The molecule has 0 aliphatic carbocycles. The van der Waals surface area contributed by atoms with Gasteiger partial charge in [0.15, 0.2) is 0 Å². The van der Waals surface area contributed by atoms with Crippen LogP contribution in [0.5, 0.6) is 0 Å². The first kappa shape index (κ1) is 30.3. The van der Waals surface area contributed by atoms with E-state index >= 15 is 0 Å². The van der Waals surface area contributed by atoms with Crippen LogP contribution in [-0.4, -0.2) is 96.5 Å². The minimum Gasteiger partial charge on any atom is -0.467 e. The van der Waals surface area contributed by atoms with Crippen LogP contribution in [0.25, 0.3) is 0 Å². The Labute approximate surface area is 254 Å². The summed E-state index contributed by atoms with van der Waals surface area (Å²) in [6.45, 7) is 5.45. The maximum atomic E-state index is 14.1. The smallest absolute Gasteiger partial charge is 0.328 e. The molecule has 0 bridgehead atoms. The number of benzene rings is 3. The number of amides is 3. The summed E-state index contributed by atoms with van der Waals surface area (Å²) in [5.74, 6) is -0.454. The Morgan fingerprint density at radius 3 is 1.74 bits per heavy atom. The first-order valence-corrected chi connectivity index (χ1v) is 15.0. The molecule has 3 aromatic rings. The summed E-state index contributed by atoms with van der Waals surface area (Å²) in [5, 5.41) is 0. The topological polar surface area (TPSA) is 73.2 Å². The molecule has 0 aromatic heterocycles. The van der Waals surface area contributed by atoms with Gasteiger partial charge in [-0.3, -0.25) is 9.69 Å². The molecule has 0 saturated carbocycles. The van der Waals surface area contributed by atoms with Gasteiger partial charge in [0.1, 0.15) is 12.1 Å². The number of rotatable bonds is 9. The summed E-state index contributed by atoms with van der Waals surface area (Å²) in [7, 11) is 4.72. The third-order valence-corrected chi connectivity index (χ3v) is 9.02. The zero-order valence-corrected chi connectivity index (χ0v) is 25.7. The first-order chi connectivity index (χ1) is 20.7. The highest BCUT2D eigenvalue weighted by Crippen LogP contribution is 2.48. The van der Waals surface area contributed by atoms with E-state index in [-0.39, 0.29) is 29.9 Å². The van der Waals surface area contributed by atoms with Gasteiger partial charge in [-0.1, -0.05) is 105 Å². The van der Waals surface area contributed by atoms with Crippen molar-refractivity contribution in [3.63, 3.8) is 0 Å². The number of urea groups is 1. The Kier molecular flexibility index (Phi) is 8.87. The highest BCUT2D eigenvalue weighted by molar-refractivity contribution is 5.86. The van der Waals surface area contributed by atoms with Crippen LogP contribution in [0.2, 0.25) is 0 Å². The van der Waals surface area contributed by atoms with Crippen LogP contribution in [0.15, 0.2) is 91.0 Å². The molecule has 43 heavy (non-hydrogen) atoms. The van der Waals surface area contributed by atoms with Crippen LogP contribution < -0.4 is 0 Å². The van der Waals surface area contributed by atoms with Crippen molar-refractivity contribution < 1.29 is 19.1 Å². The summed E-state index contributed by atoms with van der Waals surface area (Å²) in [6.07, 6.45) is 0.681. The number of carbonyl (C=O) groups is 3.